The molecule has 6 nitrogen and oxygen atoms in total. The number of carbonyl (C=O) groups is 1. The Labute approximate surface area is 163 Å². The molecule has 1 amide bonds. The molecule has 9 heteroatoms. The Balaban J connectivity index is 1.92. The van der Waals surface area contributed by atoms with E-state index in [1.807, 2.05) is 0 Å². The molecule has 0 bridgehead atoms. The average molecular weight is 412 g/mol. The van der Waals surface area contributed by atoms with Crippen LogP contribution in [0.5, 0.6) is 0 Å². The highest BCUT2D eigenvalue weighted by Gasteiger charge is 2.17. The lowest BCUT2D eigenvalue weighted by molar-refractivity contribution is -0.116. The number of hydrogen-bond donors (Lipinski definition) is 2. The second-order valence-corrected chi connectivity index (χ2v) is 8.01. The largest absolute Gasteiger partial charge is 0.383 e. The molecule has 2 aromatic carbocycles. The van der Waals surface area contributed by atoms with Gasteiger partial charge >= 0.3 is 0 Å². The third kappa shape index (κ3) is 6.36. The molecule has 0 saturated heterocycles. The predicted octanol–water partition coefficient (Wildman–Crippen LogP) is 2.85. The van der Waals surface area contributed by atoms with Gasteiger partial charge in [0.25, 0.3) is 0 Å². The molecule has 28 heavy (non-hydrogen) atoms. The zero-order valence-electron chi connectivity index (χ0n) is 15.5. The van der Waals surface area contributed by atoms with Gasteiger partial charge in [-0.3, -0.25) is 4.79 Å². The Morgan fingerprint density at radius 2 is 1.79 bits per heavy atom. The zero-order chi connectivity index (χ0) is 20.7. The van der Waals surface area contributed by atoms with Gasteiger partial charge in [0, 0.05) is 25.3 Å². The lowest BCUT2D eigenvalue weighted by atomic mass is 10.1. The topological polar surface area (TPSA) is 84.5 Å². The number of benzene rings is 2. The molecule has 2 rings (SSSR count). The van der Waals surface area contributed by atoms with Gasteiger partial charge in [0.1, 0.15) is 0 Å². The highest BCUT2D eigenvalue weighted by molar-refractivity contribution is 7.89. The van der Waals surface area contributed by atoms with Crippen molar-refractivity contribution in [2.45, 2.75) is 30.7 Å². The second-order valence-electron chi connectivity index (χ2n) is 6.30. The summed E-state index contributed by atoms with van der Waals surface area (Å²) in [5, 5.41) is 2.64. The molecule has 0 fully saturated rings. The molecule has 152 valence electrons. The molecule has 1 atom stereocenters. The van der Waals surface area contributed by atoms with E-state index in [-0.39, 0.29) is 36.3 Å². The van der Waals surface area contributed by atoms with Crippen LogP contribution in [0.1, 0.15) is 18.9 Å². The van der Waals surface area contributed by atoms with Crippen LogP contribution in [0, 0.1) is 11.6 Å². The van der Waals surface area contributed by atoms with Crippen LogP contribution in [0.25, 0.3) is 0 Å². The van der Waals surface area contributed by atoms with Gasteiger partial charge in [-0.05, 0) is 55.3 Å². The molecule has 0 aromatic heterocycles. The molecular weight excluding hydrogens is 390 g/mol. The van der Waals surface area contributed by atoms with Crippen LogP contribution < -0.4 is 10.0 Å². The summed E-state index contributed by atoms with van der Waals surface area (Å²) < 4.78 is 58.0. The van der Waals surface area contributed by atoms with Gasteiger partial charge in [-0.25, -0.2) is 21.9 Å². The quantitative estimate of drug-likeness (QED) is 0.663. The maximum absolute atomic E-state index is 13.2. The summed E-state index contributed by atoms with van der Waals surface area (Å²) in [5.74, 6) is -2.22. The minimum Gasteiger partial charge on any atom is -0.383 e. The summed E-state index contributed by atoms with van der Waals surface area (Å²) in [7, 11) is -2.21. The van der Waals surface area contributed by atoms with Gasteiger partial charge in [-0.1, -0.05) is 6.07 Å². The van der Waals surface area contributed by atoms with Crippen molar-refractivity contribution in [3.63, 3.8) is 0 Å². The fourth-order valence-corrected chi connectivity index (χ4v) is 3.74. The van der Waals surface area contributed by atoms with Gasteiger partial charge in [-0.2, -0.15) is 0 Å². The Kier molecular flexibility index (Phi) is 7.61. The first-order valence-corrected chi connectivity index (χ1v) is 10.0. The molecule has 0 radical (unpaired) electrons. The first kappa shape index (κ1) is 21.9. The van der Waals surface area contributed by atoms with E-state index in [4.69, 9.17) is 4.74 Å². The summed E-state index contributed by atoms with van der Waals surface area (Å²) in [5.41, 5.74) is 0.936. The van der Waals surface area contributed by atoms with Crippen LogP contribution in [0.3, 0.4) is 0 Å². The fourth-order valence-electron chi connectivity index (χ4n) is 2.51. The van der Waals surface area contributed by atoms with Crippen LogP contribution in [0.4, 0.5) is 14.5 Å². The van der Waals surface area contributed by atoms with Crippen molar-refractivity contribution in [2.24, 2.45) is 0 Å². The third-order valence-electron chi connectivity index (χ3n) is 3.85. The van der Waals surface area contributed by atoms with E-state index >= 15 is 0 Å². The number of ether oxygens (including phenoxy) is 1. The molecular formula is C19H22F2N2O4S. The Morgan fingerprint density at radius 3 is 2.39 bits per heavy atom. The number of methoxy groups -OCH3 is 1. The molecule has 0 spiro atoms. The van der Waals surface area contributed by atoms with E-state index in [0.29, 0.717) is 11.3 Å². The number of aryl methyl sites for hydroxylation is 1. The highest BCUT2D eigenvalue weighted by atomic mass is 32.2. The molecule has 0 aliphatic carbocycles. The number of carbonyl (C=O) groups excluding carboxylic acids is 1. The van der Waals surface area contributed by atoms with Crippen molar-refractivity contribution in [1.82, 2.24) is 4.72 Å². The molecule has 0 aliphatic heterocycles. The summed E-state index contributed by atoms with van der Waals surface area (Å²) in [6, 6.07) is 8.83. The normalized spacial score (nSPS) is 12.6. The molecule has 1 unspecified atom stereocenters. The number of halogens is 2. The second kappa shape index (κ2) is 9.72. The minimum atomic E-state index is -3.69. The minimum absolute atomic E-state index is 0.0650. The summed E-state index contributed by atoms with van der Waals surface area (Å²) >= 11 is 0. The van der Waals surface area contributed by atoms with Gasteiger partial charge in [0.05, 0.1) is 11.5 Å². The maximum Gasteiger partial charge on any atom is 0.240 e. The van der Waals surface area contributed by atoms with Gasteiger partial charge in [-0.15, -0.1) is 0 Å². The van der Waals surface area contributed by atoms with Crippen molar-refractivity contribution in [3.8, 4) is 0 Å². The lowest BCUT2D eigenvalue weighted by Gasteiger charge is -2.13. The van der Waals surface area contributed by atoms with E-state index in [1.165, 1.54) is 37.4 Å². The molecule has 2 N–H and O–H groups in total. The van der Waals surface area contributed by atoms with E-state index < -0.39 is 21.7 Å². The Bertz CT molecular complexity index is 918. The molecule has 0 saturated carbocycles. The number of anilines is 1. The van der Waals surface area contributed by atoms with Crippen LogP contribution >= 0.6 is 0 Å². The van der Waals surface area contributed by atoms with Crippen molar-refractivity contribution in [3.05, 3.63) is 59.7 Å². The first-order chi connectivity index (χ1) is 13.2. The van der Waals surface area contributed by atoms with Crippen molar-refractivity contribution in [1.29, 1.82) is 0 Å². The fraction of sp³-hybridized carbons (Fsp3) is 0.316. The van der Waals surface area contributed by atoms with Crippen LogP contribution in [-0.4, -0.2) is 34.1 Å². The van der Waals surface area contributed by atoms with Gasteiger partial charge < -0.3 is 10.1 Å². The summed E-state index contributed by atoms with van der Waals surface area (Å²) in [6.45, 7) is 1.92. The Morgan fingerprint density at radius 1 is 1.11 bits per heavy atom. The standard InChI is InChI=1S/C19H22F2N2O4S/c1-13(12-27-2)23-28(25,26)16-7-5-15(6-8-16)22-19(24)10-4-14-3-9-17(20)18(21)11-14/h3,5-9,11,13,23H,4,10,12H2,1-2H3,(H,22,24). The number of amides is 1. The predicted molar refractivity (Wildman–Crippen MR) is 101 cm³/mol. The van der Waals surface area contributed by atoms with Crippen LogP contribution in [-0.2, 0) is 26.0 Å². The summed E-state index contributed by atoms with van der Waals surface area (Å²) in [6.07, 6.45) is 0.317. The van der Waals surface area contributed by atoms with Crippen LogP contribution in [0.2, 0.25) is 0 Å². The number of nitrogens with one attached hydrogen (secondary N) is 2. The average Bonchev–Trinajstić information content (AvgIpc) is 2.63. The van der Waals surface area contributed by atoms with Crippen LogP contribution in [0.15, 0.2) is 47.4 Å². The molecule has 0 aliphatic rings. The Hall–Kier alpha value is -2.36. The SMILES string of the molecule is COCC(C)NS(=O)(=O)c1ccc(NC(=O)CCc2ccc(F)c(F)c2)cc1. The van der Waals surface area contributed by atoms with E-state index in [2.05, 4.69) is 10.0 Å². The number of hydrogen-bond acceptors (Lipinski definition) is 4. The smallest absolute Gasteiger partial charge is 0.240 e. The number of sulfonamides is 1. The van der Waals surface area contributed by atoms with E-state index in [1.54, 1.807) is 6.92 Å². The zero-order valence-corrected chi connectivity index (χ0v) is 16.4. The van der Waals surface area contributed by atoms with Crippen molar-refractivity contribution < 1.29 is 26.7 Å². The van der Waals surface area contributed by atoms with Gasteiger partial charge in [0.2, 0.25) is 15.9 Å². The monoisotopic (exact) mass is 412 g/mol. The van der Waals surface area contributed by atoms with Crippen molar-refractivity contribution >= 4 is 21.6 Å². The third-order valence-corrected chi connectivity index (χ3v) is 5.45. The number of rotatable bonds is 9. The maximum atomic E-state index is 13.2. The van der Waals surface area contributed by atoms with E-state index in [9.17, 15) is 22.0 Å². The molecule has 0 heterocycles. The lowest BCUT2D eigenvalue weighted by Crippen LogP contribution is -2.35. The van der Waals surface area contributed by atoms with Crippen molar-refractivity contribution in [2.75, 3.05) is 19.0 Å². The summed E-state index contributed by atoms with van der Waals surface area (Å²) in [4.78, 5) is 12.1. The van der Waals surface area contributed by atoms with E-state index in [0.717, 1.165) is 12.1 Å². The molecule has 2 aromatic rings. The first-order valence-electron chi connectivity index (χ1n) is 8.56. The highest BCUT2D eigenvalue weighted by Crippen LogP contribution is 2.16. The van der Waals surface area contributed by atoms with Gasteiger partial charge in [0.15, 0.2) is 11.6 Å².